The van der Waals surface area contributed by atoms with E-state index in [-0.39, 0.29) is 0 Å². The van der Waals surface area contributed by atoms with Gasteiger partial charge in [-0.25, -0.2) is 0 Å². The Labute approximate surface area is 129 Å². The van der Waals surface area contributed by atoms with Crippen LogP contribution in [0.5, 0.6) is 0 Å². The van der Waals surface area contributed by atoms with Crippen LogP contribution in [0.25, 0.3) is 0 Å². The molecule has 2 aromatic carbocycles. The second kappa shape index (κ2) is 5.94. The first-order valence-electron chi connectivity index (χ1n) is 6.73. The van der Waals surface area contributed by atoms with Crippen LogP contribution >= 0.6 is 23.2 Å². The van der Waals surface area contributed by atoms with Crippen LogP contribution in [0.15, 0.2) is 48.5 Å². The van der Waals surface area contributed by atoms with Crippen LogP contribution in [0.4, 0.5) is 11.4 Å². The van der Waals surface area contributed by atoms with Crippen molar-refractivity contribution < 1.29 is 0 Å². The van der Waals surface area contributed by atoms with E-state index in [2.05, 4.69) is 34.1 Å². The number of nitrogens with zero attached hydrogens (tertiary/aromatic N) is 2. The molecule has 0 amide bonds. The minimum atomic E-state index is 0.786. The molecule has 1 aliphatic rings. The third-order valence-electron chi connectivity index (χ3n) is 3.66. The molecular formula is C16H16Cl2N2. The summed E-state index contributed by atoms with van der Waals surface area (Å²) in [5.41, 5.74) is 2.48. The van der Waals surface area contributed by atoms with Crippen molar-refractivity contribution in [2.45, 2.75) is 0 Å². The molecule has 0 bridgehead atoms. The minimum Gasteiger partial charge on any atom is -0.368 e. The van der Waals surface area contributed by atoms with Crippen molar-refractivity contribution in [2.75, 3.05) is 36.0 Å². The first-order chi connectivity index (χ1) is 9.72. The third-order valence-corrected chi connectivity index (χ3v) is 4.17. The van der Waals surface area contributed by atoms with E-state index < -0.39 is 0 Å². The van der Waals surface area contributed by atoms with Gasteiger partial charge in [-0.15, -0.1) is 0 Å². The molecule has 2 nitrogen and oxygen atoms in total. The average Bonchev–Trinajstić information content (AvgIpc) is 2.49. The first kappa shape index (κ1) is 13.6. The van der Waals surface area contributed by atoms with Crippen molar-refractivity contribution in [1.82, 2.24) is 0 Å². The summed E-state index contributed by atoms with van der Waals surface area (Å²) < 4.78 is 0. The Morgan fingerprint density at radius 3 is 1.15 bits per heavy atom. The molecule has 0 atom stereocenters. The number of benzene rings is 2. The lowest BCUT2D eigenvalue weighted by Crippen LogP contribution is -2.46. The number of hydrogen-bond acceptors (Lipinski definition) is 2. The predicted octanol–water partition coefficient (Wildman–Crippen LogP) is 4.32. The first-order valence-corrected chi connectivity index (χ1v) is 7.49. The van der Waals surface area contributed by atoms with E-state index >= 15 is 0 Å². The van der Waals surface area contributed by atoms with Crippen molar-refractivity contribution in [2.24, 2.45) is 0 Å². The van der Waals surface area contributed by atoms with Crippen LogP contribution in [0.3, 0.4) is 0 Å². The standard InChI is InChI=1S/C16H16Cl2N2/c17-13-1-5-15(6-2-13)19-9-11-20(12-10-19)16-7-3-14(18)4-8-16/h1-8H,9-12H2. The molecule has 0 unspecified atom stereocenters. The number of halogens is 2. The molecule has 104 valence electrons. The van der Waals surface area contributed by atoms with Gasteiger partial charge in [0.2, 0.25) is 0 Å². The van der Waals surface area contributed by atoms with Gasteiger partial charge >= 0.3 is 0 Å². The molecule has 20 heavy (non-hydrogen) atoms. The summed E-state index contributed by atoms with van der Waals surface area (Å²) in [6.45, 7) is 4.07. The van der Waals surface area contributed by atoms with Gasteiger partial charge in [0.25, 0.3) is 0 Å². The average molecular weight is 307 g/mol. The van der Waals surface area contributed by atoms with Crippen LogP contribution in [0, 0.1) is 0 Å². The van der Waals surface area contributed by atoms with Crippen molar-refractivity contribution in [3.05, 3.63) is 58.6 Å². The lowest BCUT2D eigenvalue weighted by atomic mass is 10.2. The summed E-state index contributed by atoms with van der Waals surface area (Å²) in [6.07, 6.45) is 0. The number of hydrogen-bond donors (Lipinski definition) is 0. The fourth-order valence-corrected chi connectivity index (χ4v) is 2.78. The fraction of sp³-hybridized carbons (Fsp3) is 0.250. The fourth-order valence-electron chi connectivity index (χ4n) is 2.53. The van der Waals surface area contributed by atoms with Crippen molar-refractivity contribution in [3.8, 4) is 0 Å². The Morgan fingerprint density at radius 2 is 0.850 bits per heavy atom. The maximum Gasteiger partial charge on any atom is 0.0407 e. The highest BCUT2D eigenvalue weighted by molar-refractivity contribution is 6.30. The Kier molecular flexibility index (Phi) is 4.04. The number of anilines is 2. The molecule has 0 saturated carbocycles. The highest BCUT2D eigenvalue weighted by Gasteiger charge is 2.17. The maximum atomic E-state index is 5.93. The van der Waals surface area contributed by atoms with Crippen LogP contribution in [0.2, 0.25) is 10.0 Å². The zero-order valence-electron chi connectivity index (χ0n) is 11.1. The molecule has 1 fully saturated rings. The summed E-state index contributed by atoms with van der Waals surface area (Å²) in [7, 11) is 0. The third kappa shape index (κ3) is 3.02. The summed E-state index contributed by atoms with van der Waals surface area (Å²) in [5.74, 6) is 0. The van der Waals surface area contributed by atoms with Gasteiger partial charge in [-0.05, 0) is 48.5 Å². The van der Waals surface area contributed by atoms with Gasteiger partial charge in [0, 0.05) is 47.6 Å². The zero-order chi connectivity index (χ0) is 13.9. The van der Waals surface area contributed by atoms with E-state index in [1.54, 1.807) is 0 Å². The molecular weight excluding hydrogens is 291 g/mol. The molecule has 0 aromatic heterocycles. The second-order valence-corrected chi connectivity index (χ2v) is 5.80. The Bertz CT molecular complexity index is 505. The van der Waals surface area contributed by atoms with Crippen LogP contribution in [-0.2, 0) is 0 Å². The van der Waals surface area contributed by atoms with E-state index in [0.29, 0.717) is 0 Å². The quantitative estimate of drug-likeness (QED) is 0.815. The SMILES string of the molecule is Clc1ccc(N2CCN(c3ccc(Cl)cc3)CC2)cc1. The Morgan fingerprint density at radius 1 is 0.550 bits per heavy atom. The lowest BCUT2D eigenvalue weighted by molar-refractivity contribution is 0.653. The summed E-state index contributed by atoms with van der Waals surface area (Å²) in [6, 6.07) is 16.1. The summed E-state index contributed by atoms with van der Waals surface area (Å²) in [4.78, 5) is 4.78. The molecule has 0 aliphatic carbocycles. The number of piperazine rings is 1. The normalized spacial score (nSPS) is 15.5. The zero-order valence-corrected chi connectivity index (χ0v) is 12.6. The van der Waals surface area contributed by atoms with Crippen molar-refractivity contribution >= 4 is 34.6 Å². The molecule has 4 heteroatoms. The van der Waals surface area contributed by atoms with E-state index in [0.717, 1.165) is 36.2 Å². The van der Waals surface area contributed by atoms with Crippen LogP contribution in [-0.4, -0.2) is 26.2 Å². The molecule has 3 rings (SSSR count). The van der Waals surface area contributed by atoms with E-state index in [4.69, 9.17) is 23.2 Å². The highest BCUT2D eigenvalue weighted by Crippen LogP contribution is 2.23. The van der Waals surface area contributed by atoms with Gasteiger partial charge in [0.1, 0.15) is 0 Å². The molecule has 1 heterocycles. The summed E-state index contributed by atoms with van der Waals surface area (Å²) in [5, 5.41) is 1.57. The monoisotopic (exact) mass is 306 g/mol. The van der Waals surface area contributed by atoms with Crippen LogP contribution in [0.1, 0.15) is 0 Å². The summed E-state index contributed by atoms with van der Waals surface area (Å²) >= 11 is 11.9. The minimum absolute atomic E-state index is 0.786. The topological polar surface area (TPSA) is 6.48 Å². The Hall–Kier alpha value is -1.38. The smallest absolute Gasteiger partial charge is 0.0407 e. The Balaban J connectivity index is 1.64. The lowest BCUT2D eigenvalue weighted by Gasteiger charge is -2.37. The van der Waals surface area contributed by atoms with Gasteiger partial charge in [-0.2, -0.15) is 0 Å². The highest BCUT2D eigenvalue weighted by atomic mass is 35.5. The molecule has 0 N–H and O–H groups in total. The molecule has 1 saturated heterocycles. The van der Waals surface area contributed by atoms with Crippen LogP contribution < -0.4 is 9.80 Å². The number of rotatable bonds is 2. The van der Waals surface area contributed by atoms with Gasteiger partial charge in [-0.1, -0.05) is 23.2 Å². The van der Waals surface area contributed by atoms with Crippen molar-refractivity contribution in [1.29, 1.82) is 0 Å². The molecule has 2 aromatic rings. The maximum absolute atomic E-state index is 5.93. The van der Waals surface area contributed by atoms with E-state index in [1.165, 1.54) is 11.4 Å². The van der Waals surface area contributed by atoms with E-state index in [1.807, 2.05) is 24.3 Å². The van der Waals surface area contributed by atoms with E-state index in [9.17, 15) is 0 Å². The predicted molar refractivity (Wildman–Crippen MR) is 87.3 cm³/mol. The molecule has 0 radical (unpaired) electrons. The van der Waals surface area contributed by atoms with Crippen molar-refractivity contribution in [3.63, 3.8) is 0 Å². The molecule has 0 spiro atoms. The molecule has 1 aliphatic heterocycles. The second-order valence-electron chi connectivity index (χ2n) is 4.93. The van der Waals surface area contributed by atoms with Gasteiger partial charge < -0.3 is 9.80 Å². The van der Waals surface area contributed by atoms with Gasteiger partial charge in [-0.3, -0.25) is 0 Å². The van der Waals surface area contributed by atoms with Gasteiger partial charge in [0.05, 0.1) is 0 Å². The largest absolute Gasteiger partial charge is 0.368 e. The van der Waals surface area contributed by atoms with Gasteiger partial charge in [0.15, 0.2) is 0 Å².